The zero-order chi connectivity index (χ0) is 13.5. The fourth-order valence-corrected chi connectivity index (χ4v) is 1.98. The number of halogens is 2. The summed E-state index contributed by atoms with van der Waals surface area (Å²) >= 11 is 0. The molecule has 0 spiro atoms. The summed E-state index contributed by atoms with van der Waals surface area (Å²) in [5.41, 5.74) is 1.60. The second-order valence-corrected chi connectivity index (χ2v) is 4.40. The topological polar surface area (TPSA) is 20.2 Å². The Labute approximate surface area is 107 Å². The van der Waals surface area contributed by atoms with Crippen LogP contribution in [-0.2, 0) is 6.42 Å². The van der Waals surface area contributed by atoms with Crippen molar-refractivity contribution in [1.29, 1.82) is 0 Å². The van der Waals surface area contributed by atoms with Crippen molar-refractivity contribution >= 4 is 0 Å². The molecule has 1 N–H and O–H groups in total. The molecule has 0 aliphatic carbocycles. The normalized spacial score (nSPS) is 14.6. The van der Waals surface area contributed by atoms with Gasteiger partial charge in [0, 0.05) is 0 Å². The number of aliphatic hydroxyl groups is 1. The van der Waals surface area contributed by atoms with Crippen molar-refractivity contribution in [3.8, 4) is 0 Å². The molecule has 100 valence electrons. The van der Waals surface area contributed by atoms with E-state index in [0.717, 1.165) is 5.56 Å². The fourth-order valence-electron chi connectivity index (χ4n) is 1.98. The molecule has 0 heterocycles. The van der Waals surface area contributed by atoms with Gasteiger partial charge in [-0.25, -0.2) is 8.78 Å². The smallest absolute Gasteiger partial charge is 0.260 e. The highest BCUT2D eigenvalue weighted by atomic mass is 19.3. The Morgan fingerprint density at radius 3 is 2.33 bits per heavy atom. The van der Waals surface area contributed by atoms with Crippen LogP contribution in [0, 0.1) is 0 Å². The first-order chi connectivity index (χ1) is 8.56. The zero-order valence-electron chi connectivity index (χ0n) is 10.9. The van der Waals surface area contributed by atoms with Crippen LogP contribution in [0.25, 0.3) is 0 Å². The number of aliphatic hydroxyl groups excluding tert-OH is 1. The van der Waals surface area contributed by atoms with Gasteiger partial charge in [-0.15, -0.1) is 0 Å². The van der Waals surface area contributed by atoms with Gasteiger partial charge < -0.3 is 5.11 Å². The summed E-state index contributed by atoms with van der Waals surface area (Å²) in [6.45, 7) is 3.29. The van der Waals surface area contributed by atoms with Gasteiger partial charge in [-0.2, -0.15) is 0 Å². The van der Waals surface area contributed by atoms with Crippen molar-refractivity contribution in [1.82, 2.24) is 0 Å². The minimum Gasteiger partial charge on any atom is -0.389 e. The molecule has 1 aromatic carbocycles. The molecule has 1 nitrogen and oxygen atoms in total. The lowest BCUT2D eigenvalue weighted by Gasteiger charge is -2.16. The van der Waals surface area contributed by atoms with Gasteiger partial charge in [0.05, 0.1) is 6.10 Å². The molecule has 0 amide bonds. The lowest BCUT2D eigenvalue weighted by atomic mass is 9.97. The Balaban J connectivity index is 2.62. The van der Waals surface area contributed by atoms with E-state index >= 15 is 0 Å². The number of rotatable bonds is 6. The summed E-state index contributed by atoms with van der Waals surface area (Å²) in [5, 5.41) is 9.94. The second kappa shape index (κ2) is 7.27. The first kappa shape index (κ1) is 14.8. The minimum absolute atomic E-state index is 0.0653. The highest BCUT2D eigenvalue weighted by molar-refractivity contribution is 5.19. The summed E-state index contributed by atoms with van der Waals surface area (Å²) in [6.07, 6.45) is -1.80. The molecule has 0 radical (unpaired) electrons. The van der Waals surface area contributed by atoms with Crippen LogP contribution in [0.2, 0.25) is 0 Å². The Bertz CT molecular complexity index is 385. The van der Waals surface area contributed by atoms with Gasteiger partial charge in [-0.1, -0.05) is 37.3 Å². The molecular formula is C15H20F2O. The van der Waals surface area contributed by atoms with E-state index < -0.39 is 12.5 Å². The lowest BCUT2D eigenvalue weighted by molar-refractivity contribution is 0.167. The van der Waals surface area contributed by atoms with Gasteiger partial charge in [-0.05, 0) is 42.9 Å². The van der Waals surface area contributed by atoms with E-state index in [1.165, 1.54) is 0 Å². The molecular weight excluding hydrogens is 234 g/mol. The number of alkyl halides is 2. The van der Waals surface area contributed by atoms with Crippen molar-refractivity contribution in [3.05, 3.63) is 47.0 Å². The third-order valence-corrected chi connectivity index (χ3v) is 3.20. The van der Waals surface area contributed by atoms with Crippen molar-refractivity contribution in [2.45, 2.75) is 45.6 Å². The largest absolute Gasteiger partial charge is 0.389 e. The molecule has 0 bridgehead atoms. The number of allylic oxidation sites excluding steroid dienone is 1. The van der Waals surface area contributed by atoms with Crippen LogP contribution in [0.15, 0.2) is 41.5 Å². The van der Waals surface area contributed by atoms with Gasteiger partial charge in [0.2, 0.25) is 0 Å². The SMILES string of the molecule is CC/C(=C(\C)C(O)CCc1ccccc1)C(F)F. The van der Waals surface area contributed by atoms with Crippen LogP contribution in [0.1, 0.15) is 32.3 Å². The second-order valence-electron chi connectivity index (χ2n) is 4.40. The van der Waals surface area contributed by atoms with Crippen molar-refractivity contribution < 1.29 is 13.9 Å². The molecule has 1 rings (SSSR count). The molecule has 18 heavy (non-hydrogen) atoms. The fraction of sp³-hybridized carbons (Fsp3) is 0.467. The van der Waals surface area contributed by atoms with E-state index in [1.54, 1.807) is 13.8 Å². The quantitative estimate of drug-likeness (QED) is 0.761. The van der Waals surface area contributed by atoms with Gasteiger partial charge in [0.1, 0.15) is 0 Å². The minimum atomic E-state index is -2.47. The molecule has 1 unspecified atom stereocenters. The molecule has 1 aromatic rings. The molecule has 0 saturated carbocycles. The highest BCUT2D eigenvalue weighted by Crippen LogP contribution is 2.21. The maximum Gasteiger partial charge on any atom is 0.260 e. The van der Waals surface area contributed by atoms with Crippen molar-refractivity contribution in [2.75, 3.05) is 0 Å². The predicted octanol–water partition coefficient (Wildman–Crippen LogP) is 3.97. The van der Waals surface area contributed by atoms with Crippen molar-refractivity contribution in [2.24, 2.45) is 0 Å². The summed E-state index contributed by atoms with van der Waals surface area (Å²) in [6, 6.07) is 9.73. The van der Waals surface area contributed by atoms with Crippen LogP contribution >= 0.6 is 0 Å². The Morgan fingerprint density at radius 2 is 1.83 bits per heavy atom. The number of hydrogen-bond acceptors (Lipinski definition) is 1. The highest BCUT2D eigenvalue weighted by Gasteiger charge is 2.17. The van der Waals surface area contributed by atoms with Gasteiger partial charge in [0.15, 0.2) is 0 Å². The molecule has 3 heteroatoms. The monoisotopic (exact) mass is 254 g/mol. The summed E-state index contributed by atoms with van der Waals surface area (Å²) < 4.78 is 25.4. The van der Waals surface area contributed by atoms with E-state index in [0.29, 0.717) is 18.4 Å². The van der Waals surface area contributed by atoms with E-state index in [1.807, 2.05) is 30.3 Å². The molecule has 0 saturated heterocycles. The third-order valence-electron chi connectivity index (χ3n) is 3.20. The number of aryl methyl sites for hydroxylation is 1. The summed E-state index contributed by atoms with van der Waals surface area (Å²) in [5.74, 6) is 0. The molecule has 0 aromatic heterocycles. The van der Waals surface area contributed by atoms with Gasteiger partial charge >= 0.3 is 0 Å². The van der Waals surface area contributed by atoms with E-state index in [-0.39, 0.29) is 12.0 Å². The van der Waals surface area contributed by atoms with E-state index in [4.69, 9.17) is 0 Å². The first-order valence-electron chi connectivity index (χ1n) is 6.26. The number of hydrogen-bond donors (Lipinski definition) is 1. The lowest BCUT2D eigenvalue weighted by Crippen LogP contribution is -2.14. The van der Waals surface area contributed by atoms with Crippen LogP contribution in [0.4, 0.5) is 8.78 Å². The van der Waals surface area contributed by atoms with Crippen LogP contribution < -0.4 is 0 Å². The third kappa shape index (κ3) is 4.22. The molecule has 1 atom stereocenters. The Hall–Kier alpha value is -1.22. The summed E-state index contributed by atoms with van der Waals surface area (Å²) in [4.78, 5) is 0. The predicted molar refractivity (Wildman–Crippen MR) is 69.8 cm³/mol. The van der Waals surface area contributed by atoms with Gasteiger partial charge in [-0.3, -0.25) is 0 Å². The van der Waals surface area contributed by atoms with E-state index in [9.17, 15) is 13.9 Å². The first-order valence-corrected chi connectivity index (χ1v) is 6.26. The Kier molecular flexibility index (Phi) is 5.99. The van der Waals surface area contributed by atoms with Crippen molar-refractivity contribution in [3.63, 3.8) is 0 Å². The average molecular weight is 254 g/mol. The average Bonchev–Trinajstić information content (AvgIpc) is 2.37. The molecule has 0 aliphatic rings. The maximum absolute atomic E-state index is 12.7. The van der Waals surface area contributed by atoms with Gasteiger partial charge in [0.25, 0.3) is 6.43 Å². The zero-order valence-corrected chi connectivity index (χ0v) is 10.9. The van der Waals surface area contributed by atoms with Crippen LogP contribution in [-0.4, -0.2) is 17.6 Å². The molecule has 0 aliphatic heterocycles. The van der Waals surface area contributed by atoms with Crippen LogP contribution in [0.5, 0.6) is 0 Å². The standard InChI is InChI=1S/C15H20F2O/c1-3-13(15(16)17)11(2)14(18)10-9-12-7-5-4-6-8-12/h4-8,14-15,18H,3,9-10H2,1-2H3/b13-11-. The molecule has 0 fully saturated rings. The Morgan fingerprint density at radius 1 is 1.22 bits per heavy atom. The maximum atomic E-state index is 12.7. The number of benzene rings is 1. The summed E-state index contributed by atoms with van der Waals surface area (Å²) in [7, 11) is 0. The van der Waals surface area contributed by atoms with Crippen LogP contribution in [0.3, 0.4) is 0 Å². The van der Waals surface area contributed by atoms with E-state index in [2.05, 4.69) is 0 Å².